The van der Waals surface area contributed by atoms with E-state index >= 15 is 0 Å². The smallest absolute Gasteiger partial charge is 0.349 e. The molecule has 0 fully saturated rings. The summed E-state index contributed by atoms with van der Waals surface area (Å²) < 4.78 is 119. The Morgan fingerprint density at radius 1 is 0.541 bits per heavy atom. The number of hydrogen-bond donors (Lipinski definition) is 3. The summed E-state index contributed by atoms with van der Waals surface area (Å²) in [6.07, 6.45) is 0. The molecule has 0 aliphatic rings. The van der Waals surface area contributed by atoms with Gasteiger partial charge >= 0.3 is 17.9 Å². The number of aromatic carboxylic acids is 1. The molecular formula is C21H6F8O8. The van der Waals surface area contributed by atoms with Crippen molar-refractivity contribution in [2.24, 2.45) is 0 Å². The molecule has 194 valence electrons. The second-order valence-electron chi connectivity index (χ2n) is 6.74. The fourth-order valence-electron chi connectivity index (χ4n) is 2.73. The van der Waals surface area contributed by atoms with E-state index in [4.69, 9.17) is 15.3 Å². The first-order valence-electron chi connectivity index (χ1n) is 9.09. The van der Waals surface area contributed by atoms with Crippen molar-refractivity contribution in [1.29, 1.82) is 0 Å². The maximum absolute atomic E-state index is 13.9. The van der Waals surface area contributed by atoms with Crippen LogP contribution in [0.15, 0.2) is 18.2 Å². The number of aromatic hydroxyl groups is 2. The number of phenolic OH excluding ortho intramolecular Hbond substituents is 2. The van der Waals surface area contributed by atoms with Gasteiger partial charge in [0.1, 0.15) is 22.6 Å². The summed E-state index contributed by atoms with van der Waals surface area (Å²) in [5.74, 6) is -31.6. The number of rotatable bonds is 5. The van der Waals surface area contributed by atoms with Gasteiger partial charge in [0.25, 0.3) is 0 Å². The van der Waals surface area contributed by atoms with Gasteiger partial charge in [-0.3, -0.25) is 0 Å². The summed E-state index contributed by atoms with van der Waals surface area (Å²) in [6.45, 7) is 0. The Hall–Kier alpha value is -4.89. The van der Waals surface area contributed by atoms with Gasteiger partial charge in [0.05, 0.1) is 5.56 Å². The van der Waals surface area contributed by atoms with E-state index in [9.17, 15) is 49.5 Å². The van der Waals surface area contributed by atoms with Crippen molar-refractivity contribution in [3.05, 3.63) is 81.4 Å². The summed E-state index contributed by atoms with van der Waals surface area (Å²) in [5.41, 5.74) is -4.93. The third kappa shape index (κ3) is 4.67. The van der Waals surface area contributed by atoms with Crippen molar-refractivity contribution < 1.29 is 74.3 Å². The van der Waals surface area contributed by atoms with Gasteiger partial charge in [-0.15, -0.1) is 0 Å². The van der Waals surface area contributed by atoms with Crippen LogP contribution in [0, 0.1) is 46.5 Å². The van der Waals surface area contributed by atoms with Crippen LogP contribution in [0.2, 0.25) is 0 Å². The van der Waals surface area contributed by atoms with Gasteiger partial charge in [-0.05, 0) is 12.1 Å². The standard InChI is InChI=1S/C21H6F8O8/c22-9-7(10(23)14(27)17(30)13(9)26)20(34)36-5-1-4(19(32)33)2-6(3-5)37-21(35)8-11(24)15(28)18(31)16(29)12(8)25/h1-3,30-31H,(H,32,33). The monoisotopic (exact) mass is 538 g/mol. The highest BCUT2D eigenvalue weighted by Crippen LogP contribution is 2.32. The first kappa shape index (κ1) is 26.7. The minimum atomic E-state index is -2.40. The maximum Gasteiger partial charge on any atom is 0.349 e. The molecule has 0 amide bonds. The van der Waals surface area contributed by atoms with Gasteiger partial charge in [0.15, 0.2) is 34.8 Å². The van der Waals surface area contributed by atoms with Gasteiger partial charge in [-0.25, -0.2) is 31.9 Å². The molecule has 0 atom stereocenters. The van der Waals surface area contributed by atoms with E-state index < -0.39 is 104 Å². The molecular weight excluding hydrogens is 532 g/mol. The number of benzene rings is 3. The molecule has 16 heteroatoms. The highest BCUT2D eigenvalue weighted by atomic mass is 19.2. The lowest BCUT2D eigenvalue weighted by Crippen LogP contribution is -2.17. The van der Waals surface area contributed by atoms with Crippen molar-refractivity contribution in [2.75, 3.05) is 0 Å². The van der Waals surface area contributed by atoms with Crippen LogP contribution in [0.3, 0.4) is 0 Å². The zero-order valence-corrected chi connectivity index (χ0v) is 17.1. The molecule has 3 aromatic rings. The number of carboxylic acid groups (broad SMARTS) is 1. The van der Waals surface area contributed by atoms with Crippen molar-refractivity contribution >= 4 is 17.9 Å². The van der Waals surface area contributed by atoms with Gasteiger partial charge in [-0.2, -0.15) is 17.6 Å². The SMILES string of the molecule is O=C(O)c1cc(OC(=O)c2c(F)c(F)c(O)c(F)c2F)cc(OC(=O)c2c(F)c(F)c(O)c(F)c2F)c1. The third-order valence-corrected chi connectivity index (χ3v) is 4.44. The number of esters is 2. The highest BCUT2D eigenvalue weighted by Gasteiger charge is 2.32. The second kappa shape index (κ2) is 9.63. The van der Waals surface area contributed by atoms with Crippen LogP contribution in [0.25, 0.3) is 0 Å². The van der Waals surface area contributed by atoms with Crippen molar-refractivity contribution in [3.63, 3.8) is 0 Å². The second-order valence-corrected chi connectivity index (χ2v) is 6.74. The van der Waals surface area contributed by atoms with Crippen LogP contribution in [0.5, 0.6) is 23.0 Å². The van der Waals surface area contributed by atoms with E-state index in [1.165, 1.54) is 0 Å². The molecule has 0 saturated heterocycles. The maximum atomic E-state index is 13.9. The predicted octanol–water partition coefficient (Wildman–Crippen LogP) is 4.35. The number of halogens is 8. The number of phenols is 2. The zero-order chi connectivity index (χ0) is 27.9. The Kier molecular flexibility index (Phi) is 6.95. The lowest BCUT2D eigenvalue weighted by atomic mass is 10.1. The number of ether oxygens (including phenoxy) is 2. The van der Waals surface area contributed by atoms with Crippen molar-refractivity contribution in [3.8, 4) is 23.0 Å². The molecule has 0 unspecified atom stereocenters. The quantitative estimate of drug-likeness (QED) is 0.189. The Balaban J connectivity index is 2.03. The summed E-state index contributed by atoms with van der Waals surface area (Å²) in [6, 6.07) is 1.32. The number of carbonyl (C=O) groups excluding carboxylic acids is 2. The molecule has 0 heterocycles. The van der Waals surface area contributed by atoms with Crippen molar-refractivity contribution in [1.82, 2.24) is 0 Å². The summed E-state index contributed by atoms with van der Waals surface area (Å²) in [7, 11) is 0. The molecule has 3 rings (SSSR count). The summed E-state index contributed by atoms with van der Waals surface area (Å²) in [4.78, 5) is 35.6. The first-order chi connectivity index (χ1) is 17.2. The molecule has 0 bridgehead atoms. The van der Waals surface area contributed by atoms with E-state index in [-0.39, 0.29) is 0 Å². The minimum Gasteiger partial charge on any atom is -0.503 e. The molecule has 37 heavy (non-hydrogen) atoms. The van der Waals surface area contributed by atoms with Gasteiger partial charge in [0, 0.05) is 6.07 Å². The van der Waals surface area contributed by atoms with E-state index in [1.807, 2.05) is 0 Å². The Morgan fingerprint density at radius 2 is 0.838 bits per heavy atom. The number of carboxylic acids is 1. The number of hydrogen-bond acceptors (Lipinski definition) is 7. The highest BCUT2D eigenvalue weighted by molar-refractivity contribution is 5.94. The molecule has 0 aliphatic heterocycles. The molecule has 0 radical (unpaired) electrons. The predicted molar refractivity (Wildman–Crippen MR) is 99.2 cm³/mol. The molecule has 3 N–H and O–H groups in total. The van der Waals surface area contributed by atoms with E-state index in [2.05, 4.69) is 9.47 Å². The fraction of sp³-hybridized carbons (Fsp3) is 0. The first-order valence-corrected chi connectivity index (χ1v) is 9.09. The largest absolute Gasteiger partial charge is 0.503 e. The Morgan fingerprint density at radius 3 is 1.11 bits per heavy atom. The summed E-state index contributed by atoms with van der Waals surface area (Å²) >= 11 is 0. The van der Waals surface area contributed by atoms with Crippen LogP contribution in [0.1, 0.15) is 31.1 Å². The molecule has 8 nitrogen and oxygen atoms in total. The zero-order valence-electron chi connectivity index (χ0n) is 17.1. The molecule has 0 aliphatic carbocycles. The van der Waals surface area contributed by atoms with Gasteiger partial charge in [-0.1, -0.05) is 0 Å². The van der Waals surface area contributed by atoms with E-state index in [0.717, 1.165) is 0 Å². The topological polar surface area (TPSA) is 130 Å². The van der Waals surface area contributed by atoms with Crippen LogP contribution in [0.4, 0.5) is 35.1 Å². The van der Waals surface area contributed by atoms with Crippen LogP contribution >= 0.6 is 0 Å². The lowest BCUT2D eigenvalue weighted by molar-refractivity contribution is 0.0676. The van der Waals surface area contributed by atoms with E-state index in [0.29, 0.717) is 18.2 Å². The number of carbonyl (C=O) groups is 3. The fourth-order valence-corrected chi connectivity index (χ4v) is 2.73. The lowest BCUT2D eigenvalue weighted by Gasteiger charge is -2.12. The van der Waals surface area contributed by atoms with Crippen molar-refractivity contribution in [2.45, 2.75) is 0 Å². The van der Waals surface area contributed by atoms with Gasteiger partial charge in [0.2, 0.25) is 23.3 Å². The van der Waals surface area contributed by atoms with E-state index in [1.54, 1.807) is 0 Å². The molecule has 0 saturated carbocycles. The average molecular weight is 538 g/mol. The van der Waals surface area contributed by atoms with Crippen LogP contribution in [-0.2, 0) is 0 Å². The Bertz CT molecular complexity index is 1350. The average Bonchev–Trinajstić information content (AvgIpc) is 2.83. The van der Waals surface area contributed by atoms with Gasteiger partial charge < -0.3 is 24.8 Å². The molecule has 0 spiro atoms. The minimum absolute atomic E-state index is 0.397. The summed E-state index contributed by atoms with van der Waals surface area (Å²) in [5, 5.41) is 27.1. The normalized spacial score (nSPS) is 10.8. The van der Waals surface area contributed by atoms with Crippen LogP contribution < -0.4 is 9.47 Å². The Labute approximate surface area is 197 Å². The molecule has 3 aromatic carbocycles. The molecule has 0 aromatic heterocycles. The third-order valence-electron chi connectivity index (χ3n) is 4.44. The van der Waals surface area contributed by atoms with Crippen LogP contribution in [-0.4, -0.2) is 33.2 Å².